The molecular formula is C20H20N4O3. The summed E-state index contributed by atoms with van der Waals surface area (Å²) in [5.41, 5.74) is 10.6. The van der Waals surface area contributed by atoms with Crippen LogP contribution in [-0.2, 0) is 17.7 Å². The third-order valence-corrected chi connectivity index (χ3v) is 5.02. The third kappa shape index (κ3) is 2.81. The van der Waals surface area contributed by atoms with Crippen LogP contribution in [0.1, 0.15) is 27.2 Å². The number of ether oxygens (including phenoxy) is 1. The van der Waals surface area contributed by atoms with Gasteiger partial charge in [-0.25, -0.2) is 4.79 Å². The first-order valence-corrected chi connectivity index (χ1v) is 8.70. The van der Waals surface area contributed by atoms with E-state index in [-0.39, 0.29) is 12.0 Å². The van der Waals surface area contributed by atoms with Gasteiger partial charge in [-0.15, -0.1) is 0 Å². The van der Waals surface area contributed by atoms with Gasteiger partial charge in [0.25, 0.3) is 5.91 Å². The van der Waals surface area contributed by atoms with Gasteiger partial charge in [0.1, 0.15) is 0 Å². The van der Waals surface area contributed by atoms with E-state index in [1.165, 1.54) is 7.11 Å². The largest absolute Gasteiger partial charge is 0.453 e. The number of carbonyl (C=O) groups is 2. The zero-order valence-electron chi connectivity index (χ0n) is 15.2. The molecule has 7 heteroatoms. The monoisotopic (exact) mass is 364 g/mol. The summed E-state index contributed by atoms with van der Waals surface area (Å²) in [6.07, 6.45) is 3.53. The van der Waals surface area contributed by atoms with E-state index in [0.717, 1.165) is 27.7 Å². The zero-order chi connectivity index (χ0) is 19.1. The number of methoxy groups -OCH3 is 1. The number of rotatable bonds is 1. The Morgan fingerprint density at radius 2 is 2.04 bits per heavy atom. The molecule has 0 saturated carbocycles. The van der Waals surface area contributed by atoms with Crippen LogP contribution in [0.4, 0.5) is 10.5 Å². The Hall–Kier alpha value is -3.35. The number of aryl methyl sites for hydroxylation is 1. The number of pyridine rings is 1. The topological polar surface area (TPSA) is 90.5 Å². The van der Waals surface area contributed by atoms with Crippen LogP contribution in [0.5, 0.6) is 0 Å². The summed E-state index contributed by atoms with van der Waals surface area (Å²) in [5.74, 6) is -0.122. The smallest absolute Gasteiger partial charge is 0.409 e. The highest BCUT2D eigenvalue weighted by Crippen LogP contribution is 2.27. The summed E-state index contributed by atoms with van der Waals surface area (Å²) in [7, 11) is 1.36. The summed E-state index contributed by atoms with van der Waals surface area (Å²) >= 11 is 0. The van der Waals surface area contributed by atoms with Gasteiger partial charge in [-0.05, 0) is 48.7 Å². The van der Waals surface area contributed by atoms with Crippen molar-refractivity contribution in [3.63, 3.8) is 0 Å². The maximum Gasteiger partial charge on any atom is 0.409 e. The van der Waals surface area contributed by atoms with Gasteiger partial charge in [0.15, 0.2) is 0 Å². The Morgan fingerprint density at radius 1 is 1.22 bits per heavy atom. The quantitative estimate of drug-likeness (QED) is 0.671. The molecule has 1 aliphatic rings. The summed E-state index contributed by atoms with van der Waals surface area (Å²) in [6.45, 7) is 2.79. The molecule has 1 aliphatic heterocycles. The van der Waals surface area contributed by atoms with Crippen molar-refractivity contribution in [2.24, 2.45) is 0 Å². The second kappa shape index (κ2) is 6.42. The minimum atomic E-state index is -0.373. The molecule has 2 aromatic heterocycles. The van der Waals surface area contributed by atoms with Crippen LogP contribution < -0.4 is 5.73 Å². The van der Waals surface area contributed by atoms with Gasteiger partial charge in [-0.1, -0.05) is 0 Å². The number of nitrogens with two attached hydrogens (primary N) is 1. The van der Waals surface area contributed by atoms with Crippen molar-refractivity contribution in [1.29, 1.82) is 0 Å². The molecule has 3 aromatic rings. The van der Waals surface area contributed by atoms with Gasteiger partial charge >= 0.3 is 6.09 Å². The molecule has 4 rings (SSSR count). The van der Waals surface area contributed by atoms with Gasteiger partial charge in [0.2, 0.25) is 0 Å². The number of aromatic nitrogens is 2. The second-order valence-corrected chi connectivity index (χ2v) is 6.71. The molecule has 0 fully saturated rings. The Balaban J connectivity index is 1.77. The fourth-order valence-corrected chi connectivity index (χ4v) is 3.72. The maximum absolute atomic E-state index is 13.4. The molecule has 0 saturated heterocycles. The van der Waals surface area contributed by atoms with Crippen LogP contribution in [0, 0.1) is 6.92 Å². The highest BCUT2D eigenvalue weighted by molar-refractivity contribution is 6.04. The lowest BCUT2D eigenvalue weighted by Gasteiger charge is -2.28. The summed E-state index contributed by atoms with van der Waals surface area (Å²) < 4.78 is 6.49. The van der Waals surface area contributed by atoms with Crippen LogP contribution in [0.25, 0.3) is 10.9 Å². The lowest BCUT2D eigenvalue weighted by atomic mass is 9.97. The number of amides is 1. The van der Waals surface area contributed by atoms with Crippen molar-refractivity contribution in [3.8, 4) is 0 Å². The number of anilines is 1. The molecular weight excluding hydrogens is 344 g/mol. The third-order valence-electron chi connectivity index (χ3n) is 5.02. The number of hydrogen-bond donors (Lipinski definition) is 1. The normalized spacial score (nSPS) is 13.5. The molecule has 0 aliphatic carbocycles. The highest BCUT2D eigenvalue weighted by Gasteiger charge is 2.26. The molecule has 0 bridgehead atoms. The molecule has 7 nitrogen and oxygen atoms in total. The predicted octanol–water partition coefficient (Wildman–Crippen LogP) is 2.74. The zero-order valence-corrected chi connectivity index (χ0v) is 15.2. The molecule has 0 unspecified atom stereocenters. The second-order valence-electron chi connectivity index (χ2n) is 6.71. The first kappa shape index (κ1) is 17.1. The number of hydrogen-bond acceptors (Lipinski definition) is 5. The van der Waals surface area contributed by atoms with Crippen molar-refractivity contribution in [2.45, 2.75) is 19.9 Å². The number of fused-ring (bicyclic) bond motifs is 2. The molecule has 0 radical (unpaired) electrons. The predicted molar refractivity (Wildman–Crippen MR) is 102 cm³/mol. The van der Waals surface area contributed by atoms with Crippen molar-refractivity contribution in [2.75, 3.05) is 19.4 Å². The van der Waals surface area contributed by atoms with Crippen molar-refractivity contribution in [1.82, 2.24) is 14.5 Å². The van der Waals surface area contributed by atoms with Crippen LogP contribution in [0.2, 0.25) is 0 Å². The Morgan fingerprint density at radius 3 is 2.81 bits per heavy atom. The average molecular weight is 364 g/mol. The average Bonchev–Trinajstić information content (AvgIpc) is 3.00. The van der Waals surface area contributed by atoms with E-state index in [4.69, 9.17) is 10.5 Å². The Bertz CT molecular complexity index is 1070. The number of carbonyl (C=O) groups excluding carboxylic acids is 2. The maximum atomic E-state index is 13.4. The number of benzene rings is 1. The summed E-state index contributed by atoms with van der Waals surface area (Å²) in [6, 6.07) is 7.46. The van der Waals surface area contributed by atoms with E-state index < -0.39 is 0 Å². The molecule has 2 N–H and O–H groups in total. The first-order chi connectivity index (χ1) is 13.0. The van der Waals surface area contributed by atoms with E-state index in [1.54, 1.807) is 27.9 Å². The summed E-state index contributed by atoms with van der Waals surface area (Å²) in [5, 5.41) is 0.926. The van der Waals surface area contributed by atoms with Crippen LogP contribution in [0.3, 0.4) is 0 Å². The Kier molecular flexibility index (Phi) is 4.07. The molecule has 1 amide bonds. The minimum Gasteiger partial charge on any atom is -0.453 e. The van der Waals surface area contributed by atoms with Gasteiger partial charge in [-0.2, -0.15) is 0 Å². The molecule has 1 aromatic carbocycles. The fourth-order valence-electron chi connectivity index (χ4n) is 3.72. The van der Waals surface area contributed by atoms with E-state index >= 15 is 0 Å². The number of nitrogen functional groups attached to an aromatic ring is 1. The first-order valence-electron chi connectivity index (χ1n) is 8.70. The van der Waals surface area contributed by atoms with Crippen LogP contribution >= 0.6 is 0 Å². The van der Waals surface area contributed by atoms with Gasteiger partial charge in [0.05, 0.1) is 24.7 Å². The standard InChI is InChI=1S/C20H20N4O3/c1-12-7-13-8-15(21)3-4-18(13)24(12)19(25)17-10-22-9-14-11-23(20(26)27-2)6-5-16(14)17/h3-4,7-10H,5-6,11,21H2,1-2H3. The van der Waals surface area contributed by atoms with Gasteiger partial charge in [-0.3, -0.25) is 14.3 Å². The number of nitrogens with zero attached hydrogens (tertiary/aromatic N) is 3. The molecule has 3 heterocycles. The fraction of sp³-hybridized carbons (Fsp3) is 0.250. The molecule has 0 spiro atoms. The SMILES string of the molecule is COC(=O)N1CCc2c(cncc2C(=O)n2c(C)cc3cc(N)ccc32)C1. The van der Waals surface area contributed by atoms with Crippen molar-refractivity contribution >= 4 is 28.6 Å². The lowest BCUT2D eigenvalue weighted by molar-refractivity contribution is 0.0960. The van der Waals surface area contributed by atoms with Crippen molar-refractivity contribution in [3.05, 3.63) is 59.0 Å². The molecule has 138 valence electrons. The highest BCUT2D eigenvalue weighted by atomic mass is 16.5. The van der Waals surface area contributed by atoms with Gasteiger partial charge < -0.3 is 15.4 Å². The van der Waals surface area contributed by atoms with E-state index in [0.29, 0.717) is 30.8 Å². The van der Waals surface area contributed by atoms with Gasteiger partial charge in [0, 0.05) is 35.7 Å². The lowest BCUT2D eigenvalue weighted by Crippen LogP contribution is -2.36. The van der Waals surface area contributed by atoms with Crippen LogP contribution in [-0.4, -0.2) is 40.1 Å². The van der Waals surface area contributed by atoms with Crippen molar-refractivity contribution < 1.29 is 14.3 Å². The summed E-state index contributed by atoms with van der Waals surface area (Å²) in [4.78, 5) is 31.0. The van der Waals surface area contributed by atoms with E-state index in [2.05, 4.69) is 4.98 Å². The van der Waals surface area contributed by atoms with E-state index in [9.17, 15) is 9.59 Å². The Labute approximate surface area is 156 Å². The molecule has 27 heavy (non-hydrogen) atoms. The minimum absolute atomic E-state index is 0.122. The van der Waals surface area contributed by atoms with Crippen LogP contribution in [0.15, 0.2) is 36.7 Å². The van der Waals surface area contributed by atoms with E-state index in [1.807, 2.05) is 25.1 Å². The molecule has 0 atom stereocenters.